The lowest BCUT2D eigenvalue weighted by Crippen LogP contribution is -2.45. The summed E-state index contributed by atoms with van der Waals surface area (Å²) in [7, 11) is 1.54. The molecule has 1 atom stereocenters. The van der Waals surface area contributed by atoms with Crippen LogP contribution in [0, 0.1) is 11.6 Å². The minimum Gasteiger partial charge on any atom is -0.496 e. The first-order valence-corrected chi connectivity index (χ1v) is 15.1. The second-order valence-corrected chi connectivity index (χ2v) is 12.1. The van der Waals surface area contributed by atoms with Gasteiger partial charge < -0.3 is 25.2 Å². The van der Waals surface area contributed by atoms with Crippen LogP contribution in [0.25, 0.3) is 21.2 Å². The van der Waals surface area contributed by atoms with Crippen LogP contribution in [0.1, 0.15) is 59.5 Å². The van der Waals surface area contributed by atoms with Gasteiger partial charge in [0.1, 0.15) is 22.3 Å². The molecule has 0 spiro atoms. The van der Waals surface area contributed by atoms with Crippen molar-refractivity contribution in [2.45, 2.75) is 57.3 Å². The summed E-state index contributed by atoms with van der Waals surface area (Å²) in [6.45, 7) is 1.82. The van der Waals surface area contributed by atoms with E-state index in [1.165, 1.54) is 0 Å². The minimum absolute atomic E-state index is 0.0251. The number of amides is 2. The number of carboxylic acid groups (broad SMARTS) is 1. The molecule has 1 saturated carbocycles. The highest BCUT2D eigenvalue weighted by molar-refractivity contribution is 7.21. The van der Waals surface area contributed by atoms with Crippen molar-refractivity contribution in [3.8, 4) is 16.9 Å². The molecule has 0 bridgehead atoms. The van der Waals surface area contributed by atoms with Crippen LogP contribution in [0.3, 0.4) is 0 Å². The van der Waals surface area contributed by atoms with Crippen LogP contribution in [0.15, 0.2) is 54.6 Å². The Labute approximate surface area is 256 Å². The zero-order chi connectivity index (χ0) is 30.8. The summed E-state index contributed by atoms with van der Waals surface area (Å²) in [4.78, 5) is 27.1. The van der Waals surface area contributed by atoms with Gasteiger partial charge in [0.05, 0.1) is 28.3 Å². The number of benzene rings is 3. The molecule has 1 fully saturated rings. The molecule has 1 aliphatic carbocycles. The van der Waals surface area contributed by atoms with Crippen molar-refractivity contribution in [2.75, 3.05) is 7.11 Å². The normalized spacial score (nSPS) is 17.4. The van der Waals surface area contributed by atoms with Crippen molar-refractivity contribution in [1.29, 1.82) is 0 Å². The van der Waals surface area contributed by atoms with Crippen molar-refractivity contribution < 1.29 is 33.3 Å². The average Bonchev–Trinajstić information content (AvgIpc) is 3.36. The number of rotatable bonds is 8. The summed E-state index contributed by atoms with van der Waals surface area (Å²) in [5, 5.41) is 21.3. The van der Waals surface area contributed by atoms with E-state index in [-0.39, 0.29) is 38.6 Å². The molecule has 0 radical (unpaired) electrons. The number of methoxy groups -OCH3 is 1. The maximum atomic E-state index is 14.7. The number of nitrogens with zero attached hydrogens (tertiary/aromatic N) is 1. The van der Waals surface area contributed by atoms with Gasteiger partial charge in [-0.1, -0.05) is 41.9 Å². The van der Waals surface area contributed by atoms with E-state index in [9.17, 15) is 23.5 Å². The Hall–Kier alpha value is -3.73. The summed E-state index contributed by atoms with van der Waals surface area (Å²) >= 11 is 7.35. The molecular formula is C32H31ClF2N2O5S. The fraction of sp³-hybridized carbons (Fsp3) is 0.312. The molecule has 2 amide bonds. The monoisotopic (exact) mass is 628 g/mol. The zero-order valence-corrected chi connectivity index (χ0v) is 25.1. The van der Waals surface area contributed by atoms with E-state index in [0.717, 1.165) is 40.2 Å². The van der Waals surface area contributed by atoms with Crippen LogP contribution in [0.5, 0.6) is 5.75 Å². The number of hydrogen-bond donors (Lipinski definition) is 3. The molecule has 226 valence electrons. The molecule has 1 aliphatic rings. The molecule has 0 aliphatic heterocycles. The van der Waals surface area contributed by atoms with Crippen LogP contribution in [-0.2, 0) is 6.54 Å². The number of aliphatic hydroxyl groups excluding tert-OH is 1. The van der Waals surface area contributed by atoms with Gasteiger partial charge in [-0.05, 0) is 73.6 Å². The molecule has 7 nitrogen and oxygen atoms in total. The maximum Gasteiger partial charge on any atom is 0.404 e. The van der Waals surface area contributed by atoms with Gasteiger partial charge in [0.15, 0.2) is 0 Å². The smallest absolute Gasteiger partial charge is 0.404 e. The first kappa shape index (κ1) is 30.7. The summed E-state index contributed by atoms with van der Waals surface area (Å²) < 4.78 is 34.9. The van der Waals surface area contributed by atoms with E-state index in [4.69, 9.17) is 21.4 Å². The molecule has 4 aromatic rings. The largest absolute Gasteiger partial charge is 0.496 e. The summed E-state index contributed by atoms with van der Waals surface area (Å²) in [6, 6.07) is 14.7. The van der Waals surface area contributed by atoms with E-state index >= 15 is 0 Å². The van der Waals surface area contributed by atoms with Crippen molar-refractivity contribution in [3.05, 3.63) is 87.3 Å². The van der Waals surface area contributed by atoms with E-state index in [1.54, 1.807) is 18.9 Å². The predicted molar refractivity (Wildman–Crippen MR) is 163 cm³/mol. The van der Waals surface area contributed by atoms with E-state index < -0.39 is 29.7 Å². The molecule has 0 saturated heterocycles. The number of carbonyl (C=O) groups is 2. The predicted octanol–water partition coefficient (Wildman–Crippen LogP) is 7.78. The van der Waals surface area contributed by atoms with Gasteiger partial charge in [0.25, 0.3) is 5.91 Å². The average molecular weight is 629 g/mol. The highest BCUT2D eigenvalue weighted by Crippen LogP contribution is 2.40. The standard InChI is InChI=1S/C32H31ClF2N2O5S/c1-17(38)18-3-5-19(6-4-18)20-7-14-26(42-2)21(15-20)16-37(23-10-8-22(9-11-23)36-32(40)41)31(39)30-28(33)27-24(34)12-13-25(35)29(27)43-30/h3-7,12-15,17,22-23,36,38H,8-11,16H2,1-2H3,(H,40,41). The Morgan fingerprint density at radius 3 is 2.30 bits per heavy atom. The Kier molecular flexibility index (Phi) is 9.19. The molecule has 1 unspecified atom stereocenters. The van der Waals surface area contributed by atoms with Crippen LogP contribution in [-0.4, -0.2) is 46.3 Å². The second kappa shape index (κ2) is 12.9. The van der Waals surface area contributed by atoms with Crippen molar-refractivity contribution in [3.63, 3.8) is 0 Å². The fourth-order valence-corrected chi connectivity index (χ4v) is 7.16. The first-order valence-electron chi connectivity index (χ1n) is 13.9. The van der Waals surface area contributed by atoms with Gasteiger partial charge in [0, 0.05) is 24.2 Å². The third-order valence-corrected chi connectivity index (χ3v) is 9.63. The minimum atomic E-state index is -1.10. The van der Waals surface area contributed by atoms with Gasteiger partial charge in [-0.2, -0.15) is 0 Å². The number of carbonyl (C=O) groups excluding carboxylic acids is 1. The van der Waals surface area contributed by atoms with E-state index in [0.29, 0.717) is 37.0 Å². The third kappa shape index (κ3) is 6.46. The van der Waals surface area contributed by atoms with Gasteiger partial charge in [-0.15, -0.1) is 11.3 Å². The van der Waals surface area contributed by atoms with Crippen LogP contribution in [0.2, 0.25) is 5.02 Å². The quantitative estimate of drug-likeness (QED) is 0.185. The van der Waals surface area contributed by atoms with Crippen LogP contribution < -0.4 is 10.1 Å². The lowest BCUT2D eigenvalue weighted by molar-refractivity contribution is 0.0601. The van der Waals surface area contributed by atoms with Gasteiger partial charge in [0.2, 0.25) is 0 Å². The highest BCUT2D eigenvalue weighted by Gasteiger charge is 2.33. The lowest BCUT2D eigenvalue weighted by Gasteiger charge is -2.37. The topological polar surface area (TPSA) is 99.1 Å². The van der Waals surface area contributed by atoms with Crippen LogP contribution in [0.4, 0.5) is 13.6 Å². The maximum absolute atomic E-state index is 14.7. The lowest BCUT2D eigenvalue weighted by atomic mass is 9.89. The molecule has 1 aromatic heterocycles. The summed E-state index contributed by atoms with van der Waals surface area (Å²) in [5.74, 6) is -1.28. The molecule has 11 heteroatoms. The molecule has 43 heavy (non-hydrogen) atoms. The Morgan fingerprint density at radius 2 is 1.70 bits per heavy atom. The third-order valence-electron chi connectivity index (χ3n) is 7.95. The van der Waals surface area contributed by atoms with E-state index in [1.807, 2.05) is 42.5 Å². The number of hydrogen-bond acceptors (Lipinski definition) is 5. The second-order valence-electron chi connectivity index (χ2n) is 10.7. The first-order chi connectivity index (χ1) is 20.6. The number of thiophene rings is 1. The molecule has 1 heterocycles. The van der Waals surface area contributed by atoms with Crippen molar-refractivity contribution in [1.82, 2.24) is 10.2 Å². The van der Waals surface area contributed by atoms with Gasteiger partial charge >= 0.3 is 6.09 Å². The number of halogens is 3. The van der Waals surface area contributed by atoms with Gasteiger partial charge in [-0.25, -0.2) is 13.6 Å². The summed E-state index contributed by atoms with van der Waals surface area (Å²) in [5.41, 5.74) is 3.28. The Balaban J connectivity index is 1.53. The number of fused-ring (bicyclic) bond motifs is 1. The van der Waals surface area contributed by atoms with E-state index in [2.05, 4.69) is 5.32 Å². The molecular weight excluding hydrogens is 598 g/mol. The fourth-order valence-electron chi connectivity index (χ4n) is 5.66. The Bertz CT molecular complexity index is 1650. The highest BCUT2D eigenvalue weighted by atomic mass is 35.5. The summed E-state index contributed by atoms with van der Waals surface area (Å²) in [6.07, 6.45) is 0.396. The molecule has 3 N–H and O–H groups in total. The van der Waals surface area contributed by atoms with Crippen LogP contribution >= 0.6 is 22.9 Å². The Morgan fingerprint density at radius 1 is 1.05 bits per heavy atom. The molecule has 3 aromatic carbocycles. The number of aliphatic hydroxyl groups is 1. The molecule has 5 rings (SSSR count). The number of ether oxygens (including phenoxy) is 1. The number of nitrogens with one attached hydrogen (secondary N) is 1. The van der Waals surface area contributed by atoms with Crippen molar-refractivity contribution in [2.24, 2.45) is 0 Å². The zero-order valence-electron chi connectivity index (χ0n) is 23.6. The SMILES string of the molecule is COc1ccc(-c2ccc(C(C)O)cc2)cc1CN(C(=O)c1sc2c(F)ccc(F)c2c1Cl)C1CCC(NC(=O)O)CC1. The van der Waals surface area contributed by atoms with Crippen molar-refractivity contribution >= 4 is 45.0 Å². The van der Waals surface area contributed by atoms with Gasteiger partial charge in [-0.3, -0.25) is 4.79 Å².